The van der Waals surface area contributed by atoms with E-state index in [1.165, 1.54) is 22.9 Å². The number of anilines is 1. The van der Waals surface area contributed by atoms with E-state index >= 15 is 0 Å². The third-order valence-corrected chi connectivity index (χ3v) is 5.87. The van der Waals surface area contributed by atoms with Gasteiger partial charge in [0.25, 0.3) is 11.8 Å². The molecule has 3 heterocycles. The van der Waals surface area contributed by atoms with Crippen LogP contribution in [0.4, 0.5) is 5.13 Å². The Kier molecular flexibility index (Phi) is 5.69. The number of nitrogens with one attached hydrogen (secondary N) is 1. The standard InChI is InChI=1S/C14H14N6O7S2/c1-4-5(13(25)26)2-20-11(24)8(12(20)28-4)16-10(23)7(18-27-3-6(21)22)9-17-14(15)29-19-9/h2,4,8,12H,3H2,1H3,(H,16,23)(H,21,22)(H,25,26)(H2,15,17,19)/t4?,8?,12-/m1/s1. The monoisotopic (exact) mass is 442 g/mol. The number of aromatic nitrogens is 2. The van der Waals surface area contributed by atoms with Crippen molar-refractivity contribution in [3.8, 4) is 0 Å². The van der Waals surface area contributed by atoms with E-state index in [2.05, 4.69) is 24.7 Å². The fourth-order valence-electron chi connectivity index (χ4n) is 2.54. The molecule has 1 aromatic heterocycles. The molecule has 3 rings (SSSR count). The van der Waals surface area contributed by atoms with Crippen molar-refractivity contribution in [1.29, 1.82) is 0 Å². The highest BCUT2D eigenvalue weighted by Crippen LogP contribution is 2.40. The second kappa shape index (κ2) is 8.04. The van der Waals surface area contributed by atoms with Gasteiger partial charge in [-0.2, -0.15) is 9.36 Å². The highest BCUT2D eigenvalue weighted by Gasteiger charge is 2.52. The minimum Gasteiger partial charge on any atom is -0.479 e. The number of fused-ring (bicyclic) bond motifs is 1. The third kappa shape index (κ3) is 4.14. The Morgan fingerprint density at radius 1 is 1.41 bits per heavy atom. The lowest BCUT2D eigenvalue weighted by Gasteiger charge is -2.48. The maximum Gasteiger partial charge on any atom is 0.344 e. The van der Waals surface area contributed by atoms with E-state index < -0.39 is 52.7 Å². The lowest BCUT2D eigenvalue weighted by Crippen LogP contribution is -2.69. The Morgan fingerprint density at radius 2 is 2.14 bits per heavy atom. The van der Waals surface area contributed by atoms with Crippen molar-refractivity contribution in [2.75, 3.05) is 12.3 Å². The van der Waals surface area contributed by atoms with Gasteiger partial charge in [0.05, 0.1) is 5.57 Å². The fraction of sp³-hybridized carbons (Fsp3) is 0.357. The zero-order chi connectivity index (χ0) is 21.3. The number of rotatable bonds is 7. The van der Waals surface area contributed by atoms with Gasteiger partial charge in [0.15, 0.2) is 5.13 Å². The number of hydrogen-bond donors (Lipinski definition) is 4. The summed E-state index contributed by atoms with van der Waals surface area (Å²) in [5.41, 5.74) is 5.13. The van der Waals surface area contributed by atoms with E-state index in [1.807, 2.05) is 0 Å². The van der Waals surface area contributed by atoms with Gasteiger partial charge in [-0.15, -0.1) is 11.8 Å². The molecule has 0 radical (unpaired) electrons. The molecule has 0 aromatic carbocycles. The first-order valence-corrected chi connectivity index (χ1v) is 9.65. The van der Waals surface area contributed by atoms with Crippen LogP contribution in [0.1, 0.15) is 12.7 Å². The van der Waals surface area contributed by atoms with Crippen molar-refractivity contribution in [3.63, 3.8) is 0 Å². The quantitative estimate of drug-likeness (QED) is 0.222. The van der Waals surface area contributed by atoms with Crippen LogP contribution in [-0.2, 0) is 24.0 Å². The second-order valence-electron chi connectivity index (χ2n) is 5.82. The lowest BCUT2D eigenvalue weighted by molar-refractivity contribution is -0.144. The number of nitrogens with zero attached hydrogens (tertiary/aromatic N) is 4. The van der Waals surface area contributed by atoms with Crippen molar-refractivity contribution in [1.82, 2.24) is 19.6 Å². The summed E-state index contributed by atoms with van der Waals surface area (Å²) < 4.78 is 3.84. The summed E-state index contributed by atoms with van der Waals surface area (Å²) in [5, 5.41) is 22.9. The number of carboxylic acids is 2. The molecule has 13 nitrogen and oxygen atoms in total. The number of carbonyl (C=O) groups excluding carboxylic acids is 2. The zero-order valence-corrected chi connectivity index (χ0v) is 16.3. The molecule has 154 valence electrons. The molecule has 2 unspecified atom stereocenters. The van der Waals surface area contributed by atoms with Crippen molar-refractivity contribution < 1.29 is 34.2 Å². The molecule has 5 N–H and O–H groups in total. The highest BCUT2D eigenvalue weighted by atomic mass is 32.2. The molecule has 0 saturated carbocycles. The van der Waals surface area contributed by atoms with Crippen LogP contribution in [-0.4, -0.2) is 77.2 Å². The van der Waals surface area contributed by atoms with Crippen molar-refractivity contribution in [2.45, 2.75) is 23.6 Å². The summed E-state index contributed by atoms with van der Waals surface area (Å²) in [4.78, 5) is 56.4. The minimum atomic E-state index is -1.31. The SMILES string of the molecule is CC1S[C@@H]2C(NC(=O)C(=NOCC(=O)O)c3nsc(N)n3)C(=O)N2C=C1C(=O)O. The molecule has 0 bridgehead atoms. The van der Waals surface area contributed by atoms with E-state index in [-0.39, 0.29) is 16.5 Å². The summed E-state index contributed by atoms with van der Waals surface area (Å²) in [6.07, 6.45) is 1.26. The van der Waals surface area contributed by atoms with Gasteiger partial charge in [0, 0.05) is 23.0 Å². The predicted octanol–water partition coefficient (Wildman–Crippen LogP) is -1.32. The van der Waals surface area contributed by atoms with Gasteiger partial charge in [0.1, 0.15) is 11.4 Å². The van der Waals surface area contributed by atoms with Gasteiger partial charge >= 0.3 is 11.9 Å². The van der Waals surface area contributed by atoms with Gasteiger partial charge in [0.2, 0.25) is 18.1 Å². The van der Waals surface area contributed by atoms with Crippen LogP contribution < -0.4 is 11.1 Å². The fourth-order valence-corrected chi connectivity index (χ4v) is 4.34. The molecule has 0 aliphatic carbocycles. The summed E-state index contributed by atoms with van der Waals surface area (Å²) >= 11 is 1.99. The molecule has 2 aliphatic rings. The maximum absolute atomic E-state index is 12.6. The van der Waals surface area contributed by atoms with E-state index in [9.17, 15) is 24.3 Å². The number of hydrogen-bond acceptors (Lipinski definition) is 11. The second-order valence-corrected chi connectivity index (χ2v) is 8.06. The molecule has 2 amide bonds. The molecule has 0 spiro atoms. The number of nitrogen functional groups attached to an aromatic ring is 1. The van der Waals surface area contributed by atoms with E-state index in [0.29, 0.717) is 0 Å². The van der Waals surface area contributed by atoms with Crippen LogP contribution in [0.25, 0.3) is 0 Å². The van der Waals surface area contributed by atoms with E-state index in [0.717, 1.165) is 11.5 Å². The topological polar surface area (TPSA) is 197 Å². The number of carboxylic acid groups (broad SMARTS) is 2. The number of thioether (sulfide) groups is 1. The van der Waals surface area contributed by atoms with E-state index in [4.69, 9.17) is 10.8 Å². The Balaban J connectivity index is 1.76. The minimum absolute atomic E-state index is 0.0487. The zero-order valence-electron chi connectivity index (χ0n) is 14.6. The van der Waals surface area contributed by atoms with Gasteiger partial charge in [-0.05, 0) is 6.92 Å². The molecule has 29 heavy (non-hydrogen) atoms. The number of aliphatic carboxylic acids is 2. The number of β-lactam (4-membered cyclic amide) rings is 1. The van der Waals surface area contributed by atoms with Gasteiger partial charge in [-0.25, -0.2) is 9.59 Å². The number of nitrogens with two attached hydrogens (primary N) is 1. The Labute approximate surface area is 170 Å². The molecule has 1 fully saturated rings. The Hall–Kier alpha value is -3.20. The van der Waals surface area contributed by atoms with Crippen molar-refractivity contribution in [2.24, 2.45) is 5.16 Å². The largest absolute Gasteiger partial charge is 0.479 e. The van der Waals surface area contributed by atoms with Gasteiger partial charge in [-0.1, -0.05) is 5.16 Å². The lowest BCUT2D eigenvalue weighted by atomic mass is 10.1. The Morgan fingerprint density at radius 3 is 2.72 bits per heavy atom. The number of carbonyl (C=O) groups is 4. The summed E-state index contributed by atoms with van der Waals surface area (Å²) in [6.45, 7) is 0.879. The van der Waals surface area contributed by atoms with Crippen molar-refractivity contribution >= 4 is 57.9 Å². The van der Waals surface area contributed by atoms with Crippen LogP contribution in [0.3, 0.4) is 0 Å². The summed E-state index contributed by atoms with van der Waals surface area (Å²) in [5.74, 6) is -3.99. The van der Waals surface area contributed by atoms with Gasteiger partial charge < -0.3 is 31.0 Å². The molecule has 1 saturated heterocycles. The van der Waals surface area contributed by atoms with Crippen LogP contribution in [0.15, 0.2) is 16.9 Å². The van der Waals surface area contributed by atoms with Crippen LogP contribution in [0.2, 0.25) is 0 Å². The van der Waals surface area contributed by atoms with Crippen LogP contribution >= 0.6 is 23.3 Å². The van der Waals surface area contributed by atoms with E-state index in [1.54, 1.807) is 6.92 Å². The third-order valence-electron chi connectivity index (χ3n) is 3.89. The van der Waals surface area contributed by atoms with Gasteiger partial charge in [-0.3, -0.25) is 9.59 Å². The average molecular weight is 442 g/mol. The highest BCUT2D eigenvalue weighted by molar-refractivity contribution is 8.00. The molecule has 15 heteroatoms. The first-order valence-electron chi connectivity index (χ1n) is 7.94. The number of oxime groups is 1. The molecular weight excluding hydrogens is 428 g/mol. The molecular formula is C14H14N6O7S2. The number of amides is 2. The molecule has 1 aromatic rings. The summed E-state index contributed by atoms with van der Waals surface area (Å²) in [7, 11) is 0. The normalized spacial score (nSPS) is 23.6. The first kappa shape index (κ1) is 20.5. The Bertz CT molecular complexity index is 945. The molecule has 3 atom stereocenters. The first-order chi connectivity index (χ1) is 13.7. The van der Waals surface area contributed by atoms with Crippen LogP contribution in [0, 0.1) is 0 Å². The summed E-state index contributed by atoms with van der Waals surface area (Å²) in [6, 6.07) is -0.942. The molecule has 2 aliphatic heterocycles. The average Bonchev–Trinajstić information content (AvgIpc) is 3.08. The smallest absolute Gasteiger partial charge is 0.344 e. The predicted molar refractivity (Wildman–Crippen MR) is 99.8 cm³/mol. The van der Waals surface area contributed by atoms with Crippen LogP contribution in [0.5, 0.6) is 0 Å². The maximum atomic E-state index is 12.6. The van der Waals surface area contributed by atoms with Crippen molar-refractivity contribution in [3.05, 3.63) is 17.6 Å².